The van der Waals surface area contributed by atoms with E-state index in [-0.39, 0.29) is 28.3 Å². The molecule has 0 radical (unpaired) electrons. The molecule has 2 aromatic carbocycles. The molecule has 5 nitrogen and oxygen atoms in total. The summed E-state index contributed by atoms with van der Waals surface area (Å²) in [5.74, 6) is -0.0867. The molecule has 3 rings (SSSR count). The van der Waals surface area contributed by atoms with Gasteiger partial charge in [0, 0.05) is 11.1 Å². The van der Waals surface area contributed by atoms with E-state index in [1.165, 1.54) is 6.07 Å². The second-order valence-corrected chi connectivity index (χ2v) is 12.2. The summed E-state index contributed by atoms with van der Waals surface area (Å²) >= 11 is 6.97. The molecule has 0 saturated heterocycles. The van der Waals surface area contributed by atoms with E-state index in [2.05, 4.69) is 31.9 Å². The lowest BCUT2D eigenvalue weighted by molar-refractivity contribution is -0.112. The molecule has 0 spiro atoms. The quantitative estimate of drug-likeness (QED) is 0.337. The number of phenols is 1. The van der Waals surface area contributed by atoms with Gasteiger partial charge in [-0.2, -0.15) is 8.42 Å². The Kier molecular flexibility index (Phi) is 8.01. The summed E-state index contributed by atoms with van der Waals surface area (Å²) in [6, 6.07) is 8.10. The van der Waals surface area contributed by atoms with Crippen molar-refractivity contribution in [2.24, 2.45) is 5.92 Å². The van der Waals surface area contributed by atoms with Crippen molar-refractivity contribution in [3.63, 3.8) is 0 Å². The monoisotopic (exact) mass is 622 g/mol. The second-order valence-electron chi connectivity index (χ2n) is 9.24. The lowest BCUT2D eigenvalue weighted by atomic mass is 9.81. The minimum absolute atomic E-state index is 0.0215. The van der Waals surface area contributed by atoms with Crippen LogP contribution in [0.4, 0.5) is 0 Å². The van der Waals surface area contributed by atoms with Crippen LogP contribution in [0.2, 0.25) is 0 Å². The smallest absolute Gasteiger partial charge is 0.295 e. The minimum atomic E-state index is -4.57. The largest absolute Gasteiger partial charge is 0.506 e. The van der Waals surface area contributed by atoms with E-state index in [1.54, 1.807) is 31.2 Å². The molecule has 1 aliphatic rings. The number of rotatable bonds is 5. The molecule has 2 N–H and O–H groups in total. The van der Waals surface area contributed by atoms with Gasteiger partial charge in [-0.1, -0.05) is 45.9 Å². The Morgan fingerprint density at radius 1 is 0.971 bits per heavy atom. The number of benzene rings is 2. The molecule has 8 heteroatoms. The van der Waals surface area contributed by atoms with Crippen LogP contribution in [0, 0.1) is 12.8 Å². The zero-order valence-electron chi connectivity index (χ0n) is 20.4. The first-order valence-electron chi connectivity index (χ1n) is 11.1. The fourth-order valence-corrected chi connectivity index (χ4v) is 5.80. The average Bonchev–Trinajstić information content (AvgIpc) is 2.78. The summed E-state index contributed by atoms with van der Waals surface area (Å²) < 4.78 is 35.8. The molecular weight excluding hydrogens is 596 g/mol. The Bertz CT molecular complexity index is 1430. The molecule has 0 aliphatic heterocycles. The van der Waals surface area contributed by atoms with Crippen LogP contribution in [0.25, 0.3) is 5.57 Å². The molecule has 35 heavy (non-hydrogen) atoms. The number of hydrogen-bond acceptors (Lipinski definition) is 4. The van der Waals surface area contributed by atoms with Gasteiger partial charge in [0.05, 0.1) is 8.96 Å². The highest BCUT2D eigenvalue weighted by Gasteiger charge is 2.30. The number of hydrogen-bond donors (Lipinski definition) is 2. The van der Waals surface area contributed by atoms with Gasteiger partial charge in [-0.15, -0.1) is 0 Å². The van der Waals surface area contributed by atoms with Gasteiger partial charge in [0.2, 0.25) is 0 Å². The molecule has 186 valence electrons. The molecular formula is C27H28Br2O5S. The fourth-order valence-electron chi connectivity index (χ4n) is 4.22. The topological polar surface area (TPSA) is 91.7 Å². The minimum Gasteiger partial charge on any atom is -0.506 e. The van der Waals surface area contributed by atoms with Crippen molar-refractivity contribution in [2.75, 3.05) is 0 Å². The van der Waals surface area contributed by atoms with Crippen molar-refractivity contribution in [1.29, 1.82) is 0 Å². The maximum atomic E-state index is 13.0. The van der Waals surface area contributed by atoms with E-state index in [0.717, 1.165) is 0 Å². The zero-order chi connectivity index (χ0) is 26.4. The van der Waals surface area contributed by atoms with Gasteiger partial charge in [0.1, 0.15) is 10.6 Å². The lowest BCUT2D eigenvalue weighted by Gasteiger charge is -2.25. The Morgan fingerprint density at radius 2 is 1.57 bits per heavy atom. The van der Waals surface area contributed by atoms with E-state index in [4.69, 9.17) is 0 Å². The SMILES string of the molecule is CC1=C(Br)C(=O)C(C(C)C)=C/C1=C(/c1ccccc1S(=O)(=O)O)c1cc(C(C)C)c(O)c(Br)c1C. The number of phenolic OH excluding ortho intramolecular Hbond substituents is 1. The van der Waals surface area contributed by atoms with Crippen LogP contribution in [0.15, 0.2) is 67.0 Å². The predicted molar refractivity (Wildman–Crippen MR) is 146 cm³/mol. The summed E-state index contributed by atoms with van der Waals surface area (Å²) in [6.07, 6.45) is 1.80. The van der Waals surface area contributed by atoms with Crippen LogP contribution in [-0.2, 0) is 14.9 Å². The van der Waals surface area contributed by atoms with Crippen molar-refractivity contribution in [3.05, 3.63) is 84.3 Å². The third-order valence-corrected chi connectivity index (χ3v) is 9.06. The maximum Gasteiger partial charge on any atom is 0.295 e. The normalized spacial score (nSPS) is 16.3. The molecule has 0 unspecified atom stereocenters. The Labute approximate surface area is 223 Å². The van der Waals surface area contributed by atoms with Gasteiger partial charge < -0.3 is 5.11 Å². The number of halogens is 2. The highest BCUT2D eigenvalue weighted by Crippen LogP contribution is 2.45. The standard InChI is InChI=1S/C27H28Br2O5S/c1-13(2)18-11-20(15(5)24(28)26(18)30)23(17-9-7-8-10-22(17)35(32,33)34)21-12-19(14(3)4)27(31)25(29)16(21)6/h7-14,30H,1-6H3,(H,32,33,34)/b23-21+. The Hall–Kier alpha value is -2.00. The third-order valence-electron chi connectivity index (χ3n) is 6.23. The number of aromatic hydroxyl groups is 1. The molecule has 0 aromatic heterocycles. The van der Waals surface area contributed by atoms with E-state index < -0.39 is 10.1 Å². The molecule has 0 atom stereocenters. The van der Waals surface area contributed by atoms with Crippen LogP contribution in [0.3, 0.4) is 0 Å². The van der Waals surface area contributed by atoms with Crippen molar-refractivity contribution >= 4 is 53.3 Å². The first kappa shape index (κ1) is 27.6. The first-order chi connectivity index (χ1) is 16.2. The first-order valence-corrected chi connectivity index (χ1v) is 14.2. The number of Topliss-reactive ketones (excluding diaryl/α,β-unsaturated/α-hetero) is 1. The van der Waals surface area contributed by atoms with Crippen LogP contribution in [-0.4, -0.2) is 23.9 Å². The average molecular weight is 624 g/mol. The van der Waals surface area contributed by atoms with Gasteiger partial charge in [0.25, 0.3) is 10.1 Å². The van der Waals surface area contributed by atoms with Gasteiger partial charge >= 0.3 is 0 Å². The summed E-state index contributed by atoms with van der Waals surface area (Å²) in [4.78, 5) is 12.7. The van der Waals surface area contributed by atoms with Gasteiger partial charge in [-0.05, 0) is 109 Å². The Morgan fingerprint density at radius 3 is 2.11 bits per heavy atom. The molecule has 0 heterocycles. The Balaban J connectivity index is 2.64. The second kappa shape index (κ2) is 10.2. The van der Waals surface area contributed by atoms with Gasteiger partial charge in [0.15, 0.2) is 5.78 Å². The molecule has 2 aromatic rings. The van der Waals surface area contributed by atoms with E-state index in [0.29, 0.717) is 53.5 Å². The van der Waals surface area contributed by atoms with Crippen molar-refractivity contribution in [2.45, 2.75) is 52.4 Å². The number of carbonyl (C=O) groups excluding carboxylic acids is 1. The number of carbonyl (C=O) groups is 1. The van der Waals surface area contributed by atoms with Crippen LogP contribution in [0.1, 0.15) is 62.8 Å². The van der Waals surface area contributed by atoms with Crippen molar-refractivity contribution in [1.82, 2.24) is 0 Å². The molecule has 0 fully saturated rings. The summed E-state index contributed by atoms with van der Waals surface area (Å²) in [5, 5.41) is 10.8. The summed E-state index contributed by atoms with van der Waals surface area (Å²) in [6.45, 7) is 11.4. The van der Waals surface area contributed by atoms with Crippen LogP contribution >= 0.6 is 31.9 Å². The molecule has 0 amide bonds. The van der Waals surface area contributed by atoms with Crippen molar-refractivity contribution in [3.8, 4) is 5.75 Å². The van der Waals surface area contributed by atoms with E-state index >= 15 is 0 Å². The third kappa shape index (κ3) is 5.12. The zero-order valence-corrected chi connectivity index (χ0v) is 24.4. The molecule has 1 aliphatic carbocycles. The highest BCUT2D eigenvalue weighted by atomic mass is 79.9. The predicted octanol–water partition coefficient (Wildman–Crippen LogP) is 7.47. The summed E-state index contributed by atoms with van der Waals surface area (Å²) in [7, 11) is -4.57. The maximum absolute atomic E-state index is 13.0. The van der Waals surface area contributed by atoms with E-state index in [9.17, 15) is 22.9 Å². The molecule has 0 bridgehead atoms. The van der Waals surface area contributed by atoms with Crippen LogP contribution in [0.5, 0.6) is 5.75 Å². The van der Waals surface area contributed by atoms with Gasteiger partial charge in [-0.3, -0.25) is 9.35 Å². The highest BCUT2D eigenvalue weighted by molar-refractivity contribution is 9.12. The van der Waals surface area contributed by atoms with Crippen molar-refractivity contribution < 1.29 is 22.9 Å². The lowest BCUT2D eigenvalue weighted by Crippen LogP contribution is -2.16. The number of ketones is 1. The summed E-state index contributed by atoms with van der Waals surface area (Å²) in [5.41, 5.74) is 4.78. The number of allylic oxidation sites excluding steroid dienone is 5. The van der Waals surface area contributed by atoms with Crippen LogP contribution < -0.4 is 0 Å². The van der Waals surface area contributed by atoms with Gasteiger partial charge in [-0.25, -0.2) is 0 Å². The van der Waals surface area contributed by atoms with E-state index in [1.807, 2.05) is 40.7 Å². The molecule has 0 saturated carbocycles. The fraction of sp³-hybridized carbons (Fsp3) is 0.296.